The van der Waals surface area contributed by atoms with Crippen molar-refractivity contribution in [2.24, 2.45) is 17.6 Å². The molecule has 4 nitrogen and oxygen atoms in total. The molecule has 0 aromatic heterocycles. The van der Waals surface area contributed by atoms with Gasteiger partial charge in [0.15, 0.2) is 11.5 Å². The molecule has 2 aliphatic heterocycles. The molecule has 2 unspecified atom stereocenters. The van der Waals surface area contributed by atoms with Gasteiger partial charge in [-0.25, -0.2) is 0 Å². The fraction of sp³-hybridized carbons (Fsp3) is 0.647. The predicted octanol–water partition coefficient (Wildman–Crippen LogP) is 2.66. The molecule has 0 spiro atoms. The number of rotatable bonds is 4. The molecule has 1 saturated heterocycles. The first-order valence-electron chi connectivity index (χ1n) is 8.03. The lowest BCUT2D eigenvalue weighted by Gasteiger charge is -2.24. The van der Waals surface area contributed by atoms with Gasteiger partial charge < -0.3 is 20.1 Å². The number of benzene rings is 1. The summed E-state index contributed by atoms with van der Waals surface area (Å²) in [5, 5.41) is 0. The van der Waals surface area contributed by atoms with Crippen molar-refractivity contribution in [3.05, 3.63) is 18.2 Å². The maximum atomic E-state index is 6.22. The highest BCUT2D eigenvalue weighted by molar-refractivity contribution is 5.57. The zero-order valence-corrected chi connectivity index (χ0v) is 13.0. The standard InChI is InChI=1S/C17H26N2O2/c1-12(2)15(18)9-13-5-6-19(11-13)14-3-4-16-17(10-14)21-8-7-20-16/h3-4,10,12-13,15H,5-9,11,18H2,1-2H3. The summed E-state index contributed by atoms with van der Waals surface area (Å²) in [6, 6.07) is 6.59. The molecular weight excluding hydrogens is 264 g/mol. The van der Waals surface area contributed by atoms with Crippen molar-refractivity contribution in [1.29, 1.82) is 0 Å². The molecule has 0 radical (unpaired) electrons. The molecule has 1 aromatic carbocycles. The third-order valence-electron chi connectivity index (χ3n) is 4.64. The number of nitrogens with two attached hydrogens (primary N) is 1. The van der Waals surface area contributed by atoms with Crippen LogP contribution in [0.25, 0.3) is 0 Å². The zero-order chi connectivity index (χ0) is 14.8. The molecule has 0 saturated carbocycles. The minimum atomic E-state index is 0.315. The Labute approximate surface area is 127 Å². The average Bonchev–Trinajstić information content (AvgIpc) is 2.95. The molecule has 21 heavy (non-hydrogen) atoms. The number of hydrogen-bond acceptors (Lipinski definition) is 4. The van der Waals surface area contributed by atoms with Crippen LogP contribution in [0.5, 0.6) is 11.5 Å². The van der Waals surface area contributed by atoms with Gasteiger partial charge in [0, 0.05) is 30.9 Å². The SMILES string of the molecule is CC(C)C(N)CC1CCN(c2ccc3c(c2)OCCO3)C1. The Kier molecular flexibility index (Phi) is 4.24. The van der Waals surface area contributed by atoms with Crippen LogP contribution < -0.4 is 20.1 Å². The Bertz CT molecular complexity index is 490. The Balaban J connectivity index is 1.63. The second-order valence-electron chi connectivity index (χ2n) is 6.57. The molecule has 0 bridgehead atoms. The lowest BCUT2D eigenvalue weighted by molar-refractivity contribution is 0.171. The summed E-state index contributed by atoms with van der Waals surface area (Å²) in [4.78, 5) is 2.44. The van der Waals surface area contributed by atoms with E-state index in [4.69, 9.17) is 15.2 Å². The van der Waals surface area contributed by atoms with Crippen LogP contribution in [0.2, 0.25) is 0 Å². The first kappa shape index (κ1) is 14.5. The van der Waals surface area contributed by atoms with Gasteiger partial charge in [0.25, 0.3) is 0 Å². The van der Waals surface area contributed by atoms with Crippen molar-refractivity contribution in [2.75, 3.05) is 31.2 Å². The Morgan fingerprint density at radius 1 is 1.24 bits per heavy atom. The highest BCUT2D eigenvalue weighted by atomic mass is 16.6. The summed E-state index contributed by atoms with van der Waals surface area (Å²) in [5.74, 6) is 3.01. The van der Waals surface area contributed by atoms with Gasteiger partial charge in [0.2, 0.25) is 0 Å². The molecule has 4 heteroatoms. The van der Waals surface area contributed by atoms with E-state index in [0.29, 0.717) is 31.1 Å². The number of nitrogens with zero attached hydrogens (tertiary/aromatic N) is 1. The summed E-state index contributed by atoms with van der Waals surface area (Å²) in [5.41, 5.74) is 7.45. The van der Waals surface area contributed by atoms with Crippen LogP contribution in [0.15, 0.2) is 18.2 Å². The van der Waals surface area contributed by atoms with E-state index in [9.17, 15) is 0 Å². The molecule has 3 rings (SSSR count). The normalized spacial score (nSPS) is 22.7. The van der Waals surface area contributed by atoms with E-state index in [2.05, 4.69) is 30.9 Å². The highest BCUT2D eigenvalue weighted by Crippen LogP contribution is 2.36. The molecule has 116 valence electrons. The first-order valence-corrected chi connectivity index (χ1v) is 8.03. The van der Waals surface area contributed by atoms with E-state index in [1.54, 1.807) is 0 Å². The Morgan fingerprint density at radius 3 is 2.76 bits per heavy atom. The van der Waals surface area contributed by atoms with E-state index in [1.807, 2.05) is 6.07 Å². The predicted molar refractivity (Wildman–Crippen MR) is 85.2 cm³/mol. The molecular formula is C17H26N2O2. The second-order valence-corrected chi connectivity index (χ2v) is 6.57. The van der Waals surface area contributed by atoms with Gasteiger partial charge in [-0.05, 0) is 36.8 Å². The van der Waals surface area contributed by atoms with Gasteiger partial charge in [0.05, 0.1) is 0 Å². The number of ether oxygens (including phenoxy) is 2. The van der Waals surface area contributed by atoms with E-state index in [1.165, 1.54) is 12.1 Å². The molecule has 2 heterocycles. The van der Waals surface area contributed by atoms with Gasteiger partial charge in [-0.1, -0.05) is 13.8 Å². The van der Waals surface area contributed by atoms with E-state index in [0.717, 1.165) is 31.0 Å². The highest BCUT2D eigenvalue weighted by Gasteiger charge is 2.26. The quantitative estimate of drug-likeness (QED) is 0.926. The smallest absolute Gasteiger partial charge is 0.163 e. The van der Waals surface area contributed by atoms with Crippen molar-refractivity contribution in [3.63, 3.8) is 0 Å². The third-order valence-corrected chi connectivity index (χ3v) is 4.64. The van der Waals surface area contributed by atoms with Crippen molar-refractivity contribution < 1.29 is 9.47 Å². The van der Waals surface area contributed by atoms with Gasteiger partial charge in [-0.15, -0.1) is 0 Å². The lowest BCUT2D eigenvalue weighted by Crippen LogP contribution is -2.30. The first-order chi connectivity index (χ1) is 10.1. The van der Waals surface area contributed by atoms with Crippen LogP contribution in [0.3, 0.4) is 0 Å². The van der Waals surface area contributed by atoms with Crippen molar-refractivity contribution in [2.45, 2.75) is 32.7 Å². The number of anilines is 1. The van der Waals surface area contributed by atoms with Crippen molar-refractivity contribution >= 4 is 5.69 Å². The molecule has 0 amide bonds. The van der Waals surface area contributed by atoms with Crippen LogP contribution in [0.1, 0.15) is 26.7 Å². The average molecular weight is 290 g/mol. The lowest BCUT2D eigenvalue weighted by atomic mass is 9.93. The monoisotopic (exact) mass is 290 g/mol. The van der Waals surface area contributed by atoms with Crippen molar-refractivity contribution in [1.82, 2.24) is 0 Å². The molecule has 2 aliphatic rings. The topological polar surface area (TPSA) is 47.7 Å². The summed E-state index contributed by atoms with van der Waals surface area (Å²) in [6.07, 6.45) is 2.35. The minimum absolute atomic E-state index is 0.315. The van der Waals surface area contributed by atoms with Crippen LogP contribution >= 0.6 is 0 Å². The molecule has 0 aliphatic carbocycles. The molecule has 1 aromatic rings. The summed E-state index contributed by atoms with van der Waals surface area (Å²) >= 11 is 0. The molecule has 1 fully saturated rings. The fourth-order valence-corrected chi connectivity index (χ4v) is 3.15. The zero-order valence-electron chi connectivity index (χ0n) is 13.0. The summed E-state index contributed by atoms with van der Waals surface area (Å²) in [7, 11) is 0. The maximum absolute atomic E-state index is 6.22. The van der Waals surface area contributed by atoms with Gasteiger partial charge in [-0.2, -0.15) is 0 Å². The fourth-order valence-electron chi connectivity index (χ4n) is 3.15. The van der Waals surface area contributed by atoms with E-state index in [-0.39, 0.29) is 0 Å². The van der Waals surface area contributed by atoms with Gasteiger partial charge in [-0.3, -0.25) is 0 Å². The van der Waals surface area contributed by atoms with Crippen molar-refractivity contribution in [3.8, 4) is 11.5 Å². The van der Waals surface area contributed by atoms with Crippen LogP contribution in [0.4, 0.5) is 5.69 Å². The molecule has 2 atom stereocenters. The minimum Gasteiger partial charge on any atom is -0.486 e. The largest absolute Gasteiger partial charge is 0.486 e. The van der Waals surface area contributed by atoms with Gasteiger partial charge in [0.1, 0.15) is 13.2 Å². The summed E-state index contributed by atoms with van der Waals surface area (Å²) < 4.78 is 11.3. The second kappa shape index (κ2) is 6.14. The molecule has 2 N–H and O–H groups in total. The third kappa shape index (κ3) is 3.26. The Hall–Kier alpha value is -1.42. The number of hydrogen-bond donors (Lipinski definition) is 1. The van der Waals surface area contributed by atoms with E-state index >= 15 is 0 Å². The Morgan fingerprint density at radius 2 is 2.00 bits per heavy atom. The van der Waals surface area contributed by atoms with E-state index < -0.39 is 0 Å². The summed E-state index contributed by atoms with van der Waals surface area (Å²) in [6.45, 7) is 7.90. The van der Waals surface area contributed by atoms with Crippen LogP contribution in [-0.4, -0.2) is 32.3 Å². The van der Waals surface area contributed by atoms with Crippen LogP contribution in [0, 0.1) is 11.8 Å². The number of fused-ring (bicyclic) bond motifs is 1. The van der Waals surface area contributed by atoms with Gasteiger partial charge >= 0.3 is 0 Å². The van der Waals surface area contributed by atoms with Crippen LogP contribution in [-0.2, 0) is 0 Å². The maximum Gasteiger partial charge on any atom is 0.163 e.